The second-order valence-corrected chi connectivity index (χ2v) is 5.41. The normalized spacial score (nSPS) is 14.1. The molecule has 0 aliphatic rings. The minimum Gasteiger partial charge on any atom is -0.468 e. The number of rotatable bonds is 8. The third-order valence-corrected chi connectivity index (χ3v) is 3.29. The van der Waals surface area contributed by atoms with Crippen molar-refractivity contribution in [2.45, 2.75) is 31.9 Å². The summed E-state index contributed by atoms with van der Waals surface area (Å²) in [4.78, 5) is 2.16. The van der Waals surface area contributed by atoms with Gasteiger partial charge in [0, 0.05) is 13.7 Å². The summed E-state index contributed by atoms with van der Waals surface area (Å²) in [5, 5.41) is 3.46. The number of hydrogen-bond donors (Lipinski definition) is 1. The lowest BCUT2D eigenvalue weighted by Gasteiger charge is -2.25. The van der Waals surface area contributed by atoms with Crippen LogP contribution in [0.15, 0.2) is 22.8 Å². The molecule has 1 aromatic heterocycles. The van der Waals surface area contributed by atoms with Gasteiger partial charge in [0.05, 0.1) is 17.9 Å². The fourth-order valence-corrected chi connectivity index (χ4v) is 1.75. The summed E-state index contributed by atoms with van der Waals surface area (Å²) in [7, 11) is 5.88. The van der Waals surface area contributed by atoms with E-state index in [9.17, 15) is 0 Å². The zero-order valence-corrected chi connectivity index (χ0v) is 12.2. The number of likely N-dealkylation sites (N-methyl/N-ethyl adjacent to an activating group) is 1. The maximum absolute atomic E-state index is 5.47. The van der Waals surface area contributed by atoms with Crippen LogP contribution in [0.25, 0.3) is 0 Å². The van der Waals surface area contributed by atoms with Crippen LogP contribution in [-0.2, 0) is 4.74 Å². The molecule has 0 aromatic carbocycles. The molecule has 18 heavy (non-hydrogen) atoms. The molecule has 0 amide bonds. The van der Waals surface area contributed by atoms with Crippen molar-refractivity contribution in [1.29, 1.82) is 0 Å². The molecule has 1 unspecified atom stereocenters. The van der Waals surface area contributed by atoms with E-state index in [0.29, 0.717) is 0 Å². The van der Waals surface area contributed by atoms with E-state index in [-0.39, 0.29) is 11.6 Å². The highest BCUT2D eigenvalue weighted by Gasteiger charge is 2.18. The minimum absolute atomic E-state index is 0.0642. The SMILES string of the molecule is COC(C)(C)CCNCC(c1ccco1)N(C)C. The molecule has 1 heterocycles. The van der Waals surface area contributed by atoms with Gasteiger partial charge in [-0.15, -0.1) is 0 Å². The Hall–Kier alpha value is -0.840. The second-order valence-electron chi connectivity index (χ2n) is 5.41. The molecule has 0 spiro atoms. The summed E-state index contributed by atoms with van der Waals surface area (Å²) in [6.45, 7) is 6.02. The highest BCUT2D eigenvalue weighted by molar-refractivity contribution is 5.04. The number of nitrogens with zero attached hydrogens (tertiary/aromatic N) is 1. The van der Waals surface area contributed by atoms with Crippen molar-refractivity contribution in [3.63, 3.8) is 0 Å². The Morgan fingerprint density at radius 3 is 2.67 bits per heavy atom. The molecule has 1 aromatic rings. The summed E-state index contributed by atoms with van der Waals surface area (Å²) < 4.78 is 10.9. The predicted molar refractivity (Wildman–Crippen MR) is 73.7 cm³/mol. The first-order valence-corrected chi connectivity index (χ1v) is 6.42. The Labute approximate surface area is 110 Å². The minimum atomic E-state index is -0.0642. The van der Waals surface area contributed by atoms with Crippen molar-refractivity contribution >= 4 is 0 Å². The number of furan rings is 1. The van der Waals surface area contributed by atoms with Gasteiger partial charge >= 0.3 is 0 Å². The van der Waals surface area contributed by atoms with Crippen molar-refractivity contribution in [3.05, 3.63) is 24.2 Å². The first-order valence-electron chi connectivity index (χ1n) is 6.42. The third-order valence-electron chi connectivity index (χ3n) is 3.29. The van der Waals surface area contributed by atoms with Gasteiger partial charge in [-0.1, -0.05) is 0 Å². The van der Waals surface area contributed by atoms with E-state index >= 15 is 0 Å². The van der Waals surface area contributed by atoms with Crippen LogP contribution in [0.3, 0.4) is 0 Å². The molecule has 0 bridgehead atoms. The standard InChI is InChI=1S/C14H26N2O2/c1-14(2,17-5)8-9-15-11-12(16(3)4)13-7-6-10-18-13/h6-7,10,12,15H,8-9,11H2,1-5H3. The van der Waals surface area contributed by atoms with Crippen molar-refractivity contribution in [1.82, 2.24) is 10.2 Å². The fourth-order valence-electron chi connectivity index (χ4n) is 1.75. The monoisotopic (exact) mass is 254 g/mol. The molecular formula is C14H26N2O2. The van der Waals surface area contributed by atoms with Gasteiger partial charge < -0.3 is 14.5 Å². The molecule has 0 aliphatic carbocycles. The van der Waals surface area contributed by atoms with Gasteiger partial charge in [-0.05, 0) is 53.0 Å². The molecule has 1 N–H and O–H groups in total. The van der Waals surface area contributed by atoms with Gasteiger partial charge in [0.2, 0.25) is 0 Å². The van der Waals surface area contributed by atoms with Crippen LogP contribution in [0, 0.1) is 0 Å². The Kier molecular flexibility index (Phi) is 5.85. The van der Waals surface area contributed by atoms with Crippen molar-refractivity contribution in [3.8, 4) is 0 Å². The van der Waals surface area contributed by atoms with E-state index in [1.807, 2.05) is 12.1 Å². The van der Waals surface area contributed by atoms with Crippen LogP contribution in [-0.4, -0.2) is 44.8 Å². The average molecular weight is 254 g/mol. The second kappa shape index (κ2) is 6.92. The molecule has 0 saturated heterocycles. The maximum atomic E-state index is 5.47. The number of methoxy groups -OCH3 is 1. The van der Waals surface area contributed by atoms with E-state index in [1.165, 1.54) is 0 Å². The van der Waals surface area contributed by atoms with Crippen molar-refractivity contribution in [2.75, 3.05) is 34.3 Å². The molecule has 0 aliphatic heterocycles. The Balaban J connectivity index is 2.36. The van der Waals surface area contributed by atoms with Crippen LogP contribution < -0.4 is 5.32 Å². The Morgan fingerprint density at radius 1 is 1.44 bits per heavy atom. The first kappa shape index (κ1) is 15.2. The van der Waals surface area contributed by atoms with Crippen LogP contribution in [0.2, 0.25) is 0 Å². The van der Waals surface area contributed by atoms with E-state index in [1.54, 1.807) is 13.4 Å². The lowest BCUT2D eigenvalue weighted by atomic mass is 10.1. The summed E-state index contributed by atoms with van der Waals surface area (Å²) in [6, 6.07) is 4.22. The number of nitrogens with one attached hydrogen (secondary N) is 1. The van der Waals surface area contributed by atoms with Gasteiger partial charge in [-0.3, -0.25) is 4.90 Å². The molecule has 4 nitrogen and oxygen atoms in total. The Morgan fingerprint density at radius 2 is 2.17 bits per heavy atom. The van der Waals surface area contributed by atoms with Gasteiger partial charge in [0.25, 0.3) is 0 Å². The molecule has 4 heteroatoms. The molecule has 0 saturated carbocycles. The topological polar surface area (TPSA) is 37.6 Å². The van der Waals surface area contributed by atoms with Crippen LogP contribution in [0.5, 0.6) is 0 Å². The van der Waals surface area contributed by atoms with Crippen LogP contribution >= 0.6 is 0 Å². The zero-order valence-electron chi connectivity index (χ0n) is 12.2. The Bertz CT molecular complexity index is 321. The predicted octanol–water partition coefficient (Wildman–Crippen LogP) is 2.29. The number of hydrogen-bond acceptors (Lipinski definition) is 4. The highest BCUT2D eigenvalue weighted by atomic mass is 16.5. The molecule has 1 atom stereocenters. The third kappa shape index (κ3) is 4.80. The summed E-state index contributed by atoms with van der Waals surface area (Å²) in [6.07, 6.45) is 2.71. The van der Waals surface area contributed by atoms with E-state index < -0.39 is 0 Å². The summed E-state index contributed by atoms with van der Waals surface area (Å²) >= 11 is 0. The van der Waals surface area contributed by atoms with Gasteiger partial charge in [0.15, 0.2) is 0 Å². The maximum Gasteiger partial charge on any atom is 0.122 e. The molecular weight excluding hydrogens is 228 g/mol. The van der Waals surface area contributed by atoms with Crippen molar-refractivity contribution < 1.29 is 9.15 Å². The fraction of sp³-hybridized carbons (Fsp3) is 0.714. The average Bonchev–Trinajstić information content (AvgIpc) is 2.81. The first-order chi connectivity index (χ1) is 8.46. The largest absolute Gasteiger partial charge is 0.468 e. The quantitative estimate of drug-likeness (QED) is 0.722. The zero-order chi connectivity index (χ0) is 13.6. The van der Waals surface area contributed by atoms with E-state index in [2.05, 4.69) is 38.2 Å². The number of ether oxygens (including phenoxy) is 1. The van der Waals surface area contributed by atoms with E-state index in [0.717, 1.165) is 25.3 Å². The van der Waals surface area contributed by atoms with Crippen molar-refractivity contribution in [2.24, 2.45) is 0 Å². The lowest BCUT2D eigenvalue weighted by molar-refractivity contribution is 0.0156. The smallest absolute Gasteiger partial charge is 0.122 e. The van der Waals surface area contributed by atoms with Gasteiger partial charge in [-0.25, -0.2) is 0 Å². The molecule has 0 radical (unpaired) electrons. The van der Waals surface area contributed by atoms with Crippen LogP contribution in [0.4, 0.5) is 0 Å². The van der Waals surface area contributed by atoms with Crippen LogP contribution in [0.1, 0.15) is 32.1 Å². The lowest BCUT2D eigenvalue weighted by Crippen LogP contribution is -2.34. The highest BCUT2D eigenvalue weighted by Crippen LogP contribution is 2.18. The molecule has 1 rings (SSSR count). The summed E-state index contributed by atoms with van der Waals surface area (Å²) in [5.41, 5.74) is -0.0642. The molecule has 104 valence electrons. The van der Waals surface area contributed by atoms with Gasteiger partial charge in [0.1, 0.15) is 5.76 Å². The van der Waals surface area contributed by atoms with E-state index in [4.69, 9.17) is 9.15 Å². The molecule has 0 fully saturated rings. The van der Waals surface area contributed by atoms with Gasteiger partial charge in [-0.2, -0.15) is 0 Å². The summed E-state index contributed by atoms with van der Waals surface area (Å²) in [5.74, 6) is 0.999.